The summed E-state index contributed by atoms with van der Waals surface area (Å²) in [5.41, 5.74) is 4.80. The molecule has 1 heterocycles. The molecule has 2 atom stereocenters. The number of nitrogens with zero attached hydrogens (tertiary/aromatic N) is 2. The first-order valence-corrected chi connectivity index (χ1v) is 14.4. The van der Waals surface area contributed by atoms with Crippen LogP contribution in [0.1, 0.15) is 54.6 Å². The van der Waals surface area contributed by atoms with Gasteiger partial charge in [0.2, 0.25) is 5.91 Å². The second-order valence-electron chi connectivity index (χ2n) is 10.8. The summed E-state index contributed by atoms with van der Waals surface area (Å²) in [6, 6.07) is 21.7. The Morgan fingerprint density at radius 1 is 1.07 bits per heavy atom. The smallest absolute Gasteiger partial charge is 0.326 e. The second kappa shape index (κ2) is 12.6. The minimum atomic E-state index is -0.894. The van der Waals surface area contributed by atoms with E-state index in [4.69, 9.17) is 4.74 Å². The number of halogens is 1. The van der Waals surface area contributed by atoms with Crippen LogP contribution in [-0.4, -0.2) is 46.1 Å². The fourth-order valence-electron chi connectivity index (χ4n) is 6.34. The lowest BCUT2D eigenvalue weighted by Gasteiger charge is -2.35. The number of aryl methyl sites for hydroxylation is 1. The molecule has 0 saturated heterocycles. The molecule has 1 aliphatic rings. The van der Waals surface area contributed by atoms with Gasteiger partial charge in [-0.3, -0.25) is 4.79 Å². The number of carboxylic acid groups (broad SMARTS) is 1. The summed E-state index contributed by atoms with van der Waals surface area (Å²) in [7, 11) is 1.64. The van der Waals surface area contributed by atoms with Gasteiger partial charge in [0.1, 0.15) is 17.6 Å². The molecule has 0 radical (unpaired) electrons. The molecule has 0 aliphatic heterocycles. The molecule has 214 valence electrons. The zero-order chi connectivity index (χ0) is 28.9. The summed E-state index contributed by atoms with van der Waals surface area (Å²) < 4.78 is 21.9. The van der Waals surface area contributed by atoms with E-state index in [1.807, 2.05) is 58.9 Å². The van der Waals surface area contributed by atoms with Crippen LogP contribution in [0.3, 0.4) is 0 Å². The number of fused-ring (bicyclic) bond motifs is 3. The van der Waals surface area contributed by atoms with E-state index in [0.29, 0.717) is 38.6 Å². The predicted molar refractivity (Wildman–Crippen MR) is 158 cm³/mol. The lowest BCUT2D eigenvalue weighted by atomic mass is 9.89. The maximum Gasteiger partial charge on any atom is 0.326 e. The molecule has 5 rings (SSSR count). The third-order valence-electron chi connectivity index (χ3n) is 8.37. The van der Waals surface area contributed by atoms with Crippen molar-refractivity contribution < 1.29 is 23.8 Å². The third-order valence-corrected chi connectivity index (χ3v) is 8.37. The van der Waals surface area contributed by atoms with Gasteiger partial charge in [0.15, 0.2) is 0 Å². The average molecular weight is 557 g/mol. The molecule has 1 aromatic heterocycles. The van der Waals surface area contributed by atoms with Crippen molar-refractivity contribution in [2.45, 2.75) is 64.0 Å². The molecule has 0 saturated carbocycles. The number of methoxy groups -OCH3 is 1. The first-order valence-electron chi connectivity index (χ1n) is 14.4. The standard InChI is InChI=1S/C34H37FN2O4/c1-3-29(34(39)40)37-30-16-14-25(35)21-27(30)28-22-26(15-17-31(28)37)36(20-19-23-9-5-4-6-10-23)33(38)18-13-24-11-7-8-12-32(24)41-2/h4-12,14,16,21,26,29H,3,13,15,17-20,22H2,1-2H3,(H,39,40). The van der Waals surface area contributed by atoms with Crippen LogP contribution >= 0.6 is 0 Å². The number of carboxylic acids is 1. The van der Waals surface area contributed by atoms with Gasteiger partial charge in [0.05, 0.1) is 7.11 Å². The molecule has 3 aromatic carbocycles. The monoisotopic (exact) mass is 556 g/mol. The van der Waals surface area contributed by atoms with Gasteiger partial charge in [-0.1, -0.05) is 55.5 Å². The van der Waals surface area contributed by atoms with Crippen LogP contribution < -0.4 is 4.74 Å². The van der Waals surface area contributed by atoms with Crippen LogP contribution in [0.25, 0.3) is 10.9 Å². The van der Waals surface area contributed by atoms with Crippen LogP contribution in [0.4, 0.5) is 4.39 Å². The van der Waals surface area contributed by atoms with Gasteiger partial charge in [-0.25, -0.2) is 9.18 Å². The Kier molecular flexibility index (Phi) is 8.72. The molecule has 7 heteroatoms. The number of rotatable bonds is 11. The summed E-state index contributed by atoms with van der Waals surface area (Å²) in [5, 5.41) is 10.7. The molecule has 6 nitrogen and oxygen atoms in total. The van der Waals surface area contributed by atoms with E-state index in [1.165, 1.54) is 12.1 Å². The first-order chi connectivity index (χ1) is 19.9. The largest absolute Gasteiger partial charge is 0.496 e. The minimum absolute atomic E-state index is 0.0661. The molecule has 1 N–H and O–H groups in total. The molecule has 4 aromatic rings. The van der Waals surface area contributed by atoms with Gasteiger partial charge in [-0.05, 0) is 79.5 Å². The number of benzene rings is 3. The van der Waals surface area contributed by atoms with Crippen LogP contribution in [0.5, 0.6) is 5.75 Å². The van der Waals surface area contributed by atoms with Crippen LogP contribution in [0.2, 0.25) is 0 Å². The summed E-state index contributed by atoms with van der Waals surface area (Å²) in [4.78, 5) is 28.0. The Hall–Kier alpha value is -4.13. The van der Waals surface area contributed by atoms with E-state index in [2.05, 4.69) is 12.1 Å². The lowest BCUT2D eigenvalue weighted by Crippen LogP contribution is -2.44. The van der Waals surface area contributed by atoms with E-state index in [0.717, 1.165) is 51.9 Å². The molecule has 1 aliphatic carbocycles. The highest BCUT2D eigenvalue weighted by Gasteiger charge is 2.34. The number of aromatic nitrogens is 1. The fourth-order valence-corrected chi connectivity index (χ4v) is 6.34. The molecule has 0 bridgehead atoms. The first kappa shape index (κ1) is 28.4. The minimum Gasteiger partial charge on any atom is -0.496 e. The maximum absolute atomic E-state index is 14.5. The zero-order valence-corrected chi connectivity index (χ0v) is 23.7. The van der Waals surface area contributed by atoms with Crippen molar-refractivity contribution >= 4 is 22.8 Å². The van der Waals surface area contributed by atoms with Crippen molar-refractivity contribution in [3.8, 4) is 5.75 Å². The number of hydrogen-bond donors (Lipinski definition) is 1. The molecular weight excluding hydrogens is 519 g/mol. The highest BCUT2D eigenvalue weighted by molar-refractivity contribution is 5.88. The zero-order valence-electron chi connectivity index (χ0n) is 23.7. The van der Waals surface area contributed by atoms with Gasteiger partial charge in [-0.15, -0.1) is 0 Å². The van der Waals surface area contributed by atoms with Crippen molar-refractivity contribution in [3.63, 3.8) is 0 Å². The lowest BCUT2D eigenvalue weighted by molar-refractivity contribution is -0.141. The number of hydrogen-bond acceptors (Lipinski definition) is 3. The topological polar surface area (TPSA) is 71.8 Å². The number of carbonyl (C=O) groups excluding carboxylic acids is 1. The Balaban J connectivity index is 1.46. The Bertz CT molecular complexity index is 1530. The van der Waals surface area contributed by atoms with Gasteiger partial charge in [0.25, 0.3) is 0 Å². The second-order valence-corrected chi connectivity index (χ2v) is 10.8. The van der Waals surface area contributed by atoms with Gasteiger partial charge in [0, 0.05) is 35.6 Å². The quantitative estimate of drug-likeness (QED) is 0.233. The van der Waals surface area contributed by atoms with Gasteiger partial charge in [-0.2, -0.15) is 0 Å². The highest BCUT2D eigenvalue weighted by atomic mass is 19.1. The highest BCUT2D eigenvalue weighted by Crippen LogP contribution is 2.37. The Labute approximate surface area is 240 Å². The molecule has 0 spiro atoms. The maximum atomic E-state index is 14.5. The van der Waals surface area contributed by atoms with E-state index in [1.54, 1.807) is 13.2 Å². The van der Waals surface area contributed by atoms with E-state index in [-0.39, 0.29) is 17.8 Å². The van der Waals surface area contributed by atoms with Crippen molar-refractivity contribution in [3.05, 3.63) is 101 Å². The van der Waals surface area contributed by atoms with Crippen LogP contribution in [0, 0.1) is 5.82 Å². The summed E-state index contributed by atoms with van der Waals surface area (Å²) in [5.74, 6) is -0.393. The third kappa shape index (κ3) is 5.99. The molecular formula is C34H37FN2O4. The van der Waals surface area contributed by atoms with E-state index < -0.39 is 12.0 Å². The van der Waals surface area contributed by atoms with Gasteiger partial charge >= 0.3 is 5.97 Å². The van der Waals surface area contributed by atoms with Gasteiger partial charge < -0.3 is 19.3 Å². The van der Waals surface area contributed by atoms with E-state index >= 15 is 0 Å². The SMILES string of the molecule is CCC(C(=O)O)n1c2c(c3cc(F)ccc31)CC(N(CCc1ccccc1)C(=O)CCc1ccccc1OC)CC2. The molecule has 1 amide bonds. The number of para-hydroxylation sites is 1. The summed E-state index contributed by atoms with van der Waals surface area (Å²) in [6.45, 7) is 2.44. The number of carbonyl (C=O) groups is 2. The van der Waals surface area contributed by atoms with E-state index in [9.17, 15) is 19.1 Å². The fraction of sp³-hybridized carbons (Fsp3) is 0.353. The molecule has 2 unspecified atom stereocenters. The van der Waals surface area contributed by atoms with Crippen molar-refractivity contribution in [1.82, 2.24) is 9.47 Å². The Morgan fingerprint density at radius 3 is 2.56 bits per heavy atom. The average Bonchev–Trinajstić information content (AvgIpc) is 3.29. The summed E-state index contributed by atoms with van der Waals surface area (Å²) in [6.07, 6.45) is 4.00. The number of aliphatic carboxylic acids is 1. The Morgan fingerprint density at radius 2 is 1.83 bits per heavy atom. The number of ether oxygens (including phenoxy) is 1. The number of amides is 1. The molecule has 0 fully saturated rings. The molecule has 41 heavy (non-hydrogen) atoms. The predicted octanol–water partition coefficient (Wildman–Crippen LogP) is 6.39. The summed E-state index contributed by atoms with van der Waals surface area (Å²) >= 11 is 0. The van der Waals surface area contributed by atoms with Crippen LogP contribution in [-0.2, 0) is 35.3 Å². The van der Waals surface area contributed by atoms with Crippen molar-refractivity contribution in [2.75, 3.05) is 13.7 Å². The normalized spacial score (nSPS) is 15.3. The van der Waals surface area contributed by atoms with Crippen molar-refractivity contribution in [2.24, 2.45) is 0 Å². The van der Waals surface area contributed by atoms with Crippen molar-refractivity contribution in [1.29, 1.82) is 0 Å². The van der Waals surface area contributed by atoms with Crippen LogP contribution in [0.15, 0.2) is 72.8 Å².